The molecule has 0 aromatic heterocycles. The molecule has 1 fully saturated rings. The summed E-state index contributed by atoms with van der Waals surface area (Å²) in [6.07, 6.45) is 5.71. The fraction of sp³-hybridized carbons (Fsp3) is 0.857. The van der Waals surface area contributed by atoms with Crippen LogP contribution in [0.5, 0.6) is 0 Å². The van der Waals surface area contributed by atoms with Gasteiger partial charge < -0.3 is 20.6 Å². The number of urea groups is 1. The molecule has 1 rings (SSSR count). The van der Waals surface area contributed by atoms with Crippen LogP contribution in [0, 0.1) is 0 Å². The molecule has 2 amide bonds. The molecule has 20 heavy (non-hydrogen) atoms. The standard InChI is InChI=1S/C14H27N3O3/c1-17(2)11-7-6-10-15-13(20)16-14(12(18)19)8-4-3-5-9-14/h3-11H2,1-2H3,(H,18,19)(H2,15,16,20). The third-order valence-electron chi connectivity index (χ3n) is 3.79. The summed E-state index contributed by atoms with van der Waals surface area (Å²) in [6.45, 7) is 1.57. The van der Waals surface area contributed by atoms with Crippen molar-refractivity contribution in [3.05, 3.63) is 0 Å². The minimum absolute atomic E-state index is 0.362. The van der Waals surface area contributed by atoms with E-state index in [4.69, 9.17) is 0 Å². The van der Waals surface area contributed by atoms with E-state index in [1.807, 2.05) is 14.1 Å². The summed E-state index contributed by atoms with van der Waals surface area (Å²) in [5, 5.41) is 14.8. The van der Waals surface area contributed by atoms with E-state index < -0.39 is 11.5 Å². The molecule has 3 N–H and O–H groups in total. The van der Waals surface area contributed by atoms with Gasteiger partial charge in [0.1, 0.15) is 5.54 Å². The Labute approximate surface area is 120 Å². The number of unbranched alkanes of at least 4 members (excludes halogenated alkanes) is 1. The number of carboxylic acid groups (broad SMARTS) is 1. The van der Waals surface area contributed by atoms with E-state index in [-0.39, 0.29) is 6.03 Å². The summed E-state index contributed by atoms with van der Waals surface area (Å²) in [7, 11) is 4.03. The molecule has 6 heteroatoms. The van der Waals surface area contributed by atoms with Crippen molar-refractivity contribution in [2.75, 3.05) is 27.2 Å². The van der Waals surface area contributed by atoms with Crippen molar-refractivity contribution < 1.29 is 14.7 Å². The van der Waals surface area contributed by atoms with E-state index in [9.17, 15) is 14.7 Å². The lowest BCUT2D eigenvalue weighted by atomic mass is 9.82. The Morgan fingerprint density at radius 2 is 1.80 bits per heavy atom. The van der Waals surface area contributed by atoms with Crippen molar-refractivity contribution in [2.45, 2.75) is 50.5 Å². The molecular formula is C14H27N3O3. The van der Waals surface area contributed by atoms with Gasteiger partial charge in [0.2, 0.25) is 0 Å². The Morgan fingerprint density at radius 3 is 2.35 bits per heavy atom. The molecule has 0 atom stereocenters. The van der Waals surface area contributed by atoms with Gasteiger partial charge in [-0.3, -0.25) is 0 Å². The summed E-state index contributed by atoms with van der Waals surface area (Å²) in [5.41, 5.74) is -1.06. The van der Waals surface area contributed by atoms with Crippen LogP contribution in [0.3, 0.4) is 0 Å². The van der Waals surface area contributed by atoms with Crippen molar-refractivity contribution in [3.8, 4) is 0 Å². The molecule has 0 saturated heterocycles. The maximum absolute atomic E-state index is 11.8. The van der Waals surface area contributed by atoms with Crippen LogP contribution in [0.4, 0.5) is 4.79 Å². The topological polar surface area (TPSA) is 81.7 Å². The van der Waals surface area contributed by atoms with Crippen molar-refractivity contribution in [1.29, 1.82) is 0 Å². The highest BCUT2D eigenvalue weighted by atomic mass is 16.4. The van der Waals surface area contributed by atoms with Gasteiger partial charge in [0.05, 0.1) is 0 Å². The fourth-order valence-corrected chi connectivity index (χ4v) is 2.56. The van der Waals surface area contributed by atoms with Gasteiger partial charge >= 0.3 is 12.0 Å². The number of carbonyl (C=O) groups excluding carboxylic acids is 1. The molecule has 0 aromatic carbocycles. The Kier molecular flexibility index (Phi) is 6.78. The summed E-state index contributed by atoms with van der Waals surface area (Å²) >= 11 is 0. The van der Waals surface area contributed by atoms with E-state index in [2.05, 4.69) is 15.5 Å². The van der Waals surface area contributed by atoms with Crippen LogP contribution in [0.25, 0.3) is 0 Å². The Hall–Kier alpha value is -1.30. The van der Waals surface area contributed by atoms with Crippen molar-refractivity contribution >= 4 is 12.0 Å². The number of amides is 2. The Morgan fingerprint density at radius 1 is 1.15 bits per heavy atom. The van der Waals surface area contributed by atoms with Crippen LogP contribution >= 0.6 is 0 Å². The first kappa shape index (κ1) is 16.8. The van der Waals surface area contributed by atoms with Gasteiger partial charge in [-0.1, -0.05) is 19.3 Å². The number of carbonyl (C=O) groups is 2. The summed E-state index contributed by atoms with van der Waals surface area (Å²) in [5.74, 6) is -0.917. The van der Waals surface area contributed by atoms with E-state index >= 15 is 0 Å². The quantitative estimate of drug-likeness (QED) is 0.618. The van der Waals surface area contributed by atoms with Crippen LogP contribution in [-0.2, 0) is 4.79 Å². The first-order valence-corrected chi connectivity index (χ1v) is 7.40. The highest BCUT2D eigenvalue weighted by molar-refractivity contribution is 5.86. The minimum atomic E-state index is -1.06. The molecule has 0 spiro atoms. The zero-order chi connectivity index (χ0) is 15.0. The van der Waals surface area contributed by atoms with Gasteiger partial charge in [-0.15, -0.1) is 0 Å². The maximum atomic E-state index is 11.8. The second kappa shape index (κ2) is 8.09. The molecule has 1 aliphatic rings. The molecule has 0 bridgehead atoms. The van der Waals surface area contributed by atoms with E-state index in [1.54, 1.807) is 0 Å². The van der Waals surface area contributed by atoms with Gasteiger partial charge in [-0.05, 0) is 46.3 Å². The molecular weight excluding hydrogens is 258 g/mol. The summed E-state index contributed by atoms with van der Waals surface area (Å²) < 4.78 is 0. The number of hydrogen-bond acceptors (Lipinski definition) is 3. The SMILES string of the molecule is CN(C)CCCCNC(=O)NC1(C(=O)O)CCCCC1. The first-order valence-electron chi connectivity index (χ1n) is 7.40. The fourth-order valence-electron chi connectivity index (χ4n) is 2.56. The summed E-state index contributed by atoms with van der Waals surface area (Å²) in [6, 6.07) is -0.362. The lowest BCUT2D eigenvalue weighted by Gasteiger charge is -2.33. The maximum Gasteiger partial charge on any atom is 0.329 e. The zero-order valence-electron chi connectivity index (χ0n) is 12.6. The number of carboxylic acids is 1. The third-order valence-corrected chi connectivity index (χ3v) is 3.79. The monoisotopic (exact) mass is 285 g/mol. The predicted octanol–water partition coefficient (Wildman–Crippen LogP) is 1.41. The molecule has 1 aliphatic carbocycles. The van der Waals surface area contributed by atoms with Crippen molar-refractivity contribution in [3.63, 3.8) is 0 Å². The first-order chi connectivity index (χ1) is 9.46. The largest absolute Gasteiger partial charge is 0.480 e. The molecule has 0 unspecified atom stereocenters. The highest BCUT2D eigenvalue weighted by Crippen LogP contribution is 2.28. The number of rotatable bonds is 7. The van der Waals surface area contributed by atoms with Crippen LogP contribution in [0.15, 0.2) is 0 Å². The van der Waals surface area contributed by atoms with E-state index in [0.29, 0.717) is 19.4 Å². The lowest BCUT2D eigenvalue weighted by Crippen LogP contribution is -2.58. The van der Waals surface area contributed by atoms with Crippen LogP contribution in [0.1, 0.15) is 44.9 Å². The van der Waals surface area contributed by atoms with Gasteiger partial charge in [-0.25, -0.2) is 9.59 Å². The molecule has 6 nitrogen and oxygen atoms in total. The van der Waals surface area contributed by atoms with Gasteiger partial charge in [0.25, 0.3) is 0 Å². The van der Waals surface area contributed by atoms with Crippen molar-refractivity contribution in [2.24, 2.45) is 0 Å². The van der Waals surface area contributed by atoms with Crippen LogP contribution in [0.2, 0.25) is 0 Å². The lowest BCUT2D eigenvalue weighted by molar-refractivity contribution is -0.145. The van der Waals surface area contributed by atoms with Gasteiger partial charge in [0, 0.05) is 6.54 Å². The molecule has 0 heterocycles. The molecule has 0 radical (unpaired) electrons. The Bertz CT molecular complexity index is 326. The molecule has 116 valence electrons. The average Bonchev–Trinajstić information content (AvgIpc) is 2.38. The normalized spacial score (nSPS) is 17.8. The second-order valence-corrected chi connectivity index (χ2v) is 5.84. The van der Waals surface area contributed by atoms with Gasteiger partial charge in [-0.2, -0.15) is 0 Å². The van der Waals surface area contributed by atoms with E-state index in [1.165, 1.54) is 0 Å². The number of hydrogen-bond donors (Lipinski definition) is 3. The smallest absolute Gasteiger partial charge is 0.329 e. The predicted molar refractivity (Wildman–Crippen MR) is 77.8 cm³/mol. The minimum Gasteiger partial charge on any atom is -0.480 e. The number of nitrogens with zero attached hydrogens (tertiary/aromatic N) is 1. The Balaban J connectivity index is 2.30. The second-order valence-electron chi connectivity index (χ2n) is 5.84. The highest BCUT2D eigenvalue weighted by Gasteiger charge is 2.40. The molecule has 1 saturated carbocycles. The number of nitrogens with one attached hydrogen (secondary N) is 2. The average molecular weight is 285 g/mol. The van der Waals surface area contributed by atoms with Crippen LogP contribution < -0.4 is 10.6 Å². The molecule has 0 aliphatic heterocycles. The van der Waals surface area contributed by atoms with Crippen molar-refractivity contribution in [1.82, 2.24) is 15.5 Å². The van der Waals surface area contributed by atoms with Crippen LogP contribution in [-0.4, -0.2) is 54.7 Å². The third kappa shape index (κ3) is 5.36. The number of aliphatic carboxylic acids is 1. The van der Waals surface area contributed by atoms with E-state index in [0.717, 1.165) is 38.6 Å². The summed E-state index contributed by atoms with van der Waals surface area (Å²) in [4.78, 5) is 25.3. The van der Waals surface area contributed by atoms with Gasteiger partial charge in [0.15, 0.2) is 0 Å². The zero-order valence-corrected chi connectivity index (χ0v) is 12.6. The molecule has 0 aromatic rings.